The zero-order chi connectivity index (χ0) is 13.0. The van der Waals surface area contributed by atoms with Crippen molar-refractivity contribution in [2.24, 2.45) is 0 Å². The summed E-state index contributed by atoms with van der Waals surface area (Å²) in [4.78, 5) is 22.6. The summed E-state index contributed by atoms with van der Waals surface area (Å²) < 4.78 is 14.7. The molecule has 0 radical (unpaired) electrons. The molecule has 0 bridgehead atoms. The number of hydrogen-bond acceptors (Lipinski definition) is 5. The maximum absolute atomic E-state index is 11.6. The molecule has 17 heavy (non-hydrogen) atoms. The van der Waals surface area contributed by atoms with E-state index in [1.165, 1.54) is 14.2 Å². The number of carbonyl (C=O) groups is 2. The number of rotatable bonds is 4. The van der Waals surface area contributed by atoms with Gasteiger partial charge in [-0.3, -0.25) is 4.79 Å². The topological polar surface area (TPSA) is 65.7 Å². The summed E-state index contributed by atoms with van der Waals surface area (Å²) in [6.07, 6.45) is 0.499. The monoisotopic (exact) mass is 240 g/mol. The van der Waals surface area contributed by atoms with Gasteiger partial charge in [-0.1, -0.05) is 0 Å². The maximum Gasteiger partial charge on any atom is 0.341 e. The lowest BCUT2D eigenvalue weighted by Crippen LogP contribution is -2.07. The van der Waals surface area contributed by atoms with Crippen LogP contribution in [-0.4, -0.2) is 26.2 Å². The first kappa shape index (κ1) is 13.3. The fourth-order valence-corrected chi connectivity index (χ4v) is 1.56. The van der Waals surface area contributed by atoms with Crippen LogP contribution in [0.4, 0.5) is 0 Å². The highest BCUT2D eigenvalue weighted by atomic mass is 16.5. The lowest BCUT2D eigenvalue weighted by molar-refractivity contribution is -0.140. The number of carbonyl (C=O) groups excluding carboxylic acids is 2. The van der Waals surface area contributed by atoms with E-state index in [0.717, 1.165) is 5.56 Å². The molecule has 0 aliphatic heterocycles. The van der Waals surface area contributed by atoms with Crippen LogP contribution in [0.15, 0.2) is 4.42 Å². The van der Waals surface area contributed by atoms with E-state index in [0.29, 0.717) is 23.5 Å². The number of aryl methyl sites for hydroxylation is 2. The minimum Gasteiger partial charge on any atom is -0.469 e. The van der Waals surface area contributed by atoms with Crippen molar-refractivity contribution >= 4 is 11.9 Å². The minimum absolute atomic E-state index is 0.173. The van der Waals surface area contributed by atoms with Crippen LogP contribution in [0.5, 0.6) is 0 Å². The van der Waals surface area contributed by atoms with Crippen LogP contribution < -0.4 is 0 Å². The molecule has 0 unspecified atom stereocenters. The Labute approximate surface area is 99.7 Å². The first-order valence-corrected chi connectivity index (χ1v) is 5.25. The zero-order valence-corrected chi connectivity index (χ0v) is 10.5. The Morgan fingerprint density at radius 2 is 1.82 bits per heavy atom. The van der Waals surface area contributed by atoms with E-state index < -0.39 is 5.97 Å². The quantitative estimate of drug-likeness (QED) is 0.750. The van der Waals surface area contributed by atoms with Crippen molar-refractivity contribution in [1.82, 2.24) is 0 Å². The van der Waals surface area contributed by atoms with Gasteiger partial charge < -0.3 is 13.9 Å². The van der Waals surface area contributed by atoms with Crippen LogP contribution in [0.3, 0.4) is 0 Å². The number of ether oxygens (including phenoxy) is 2. The van der Waals surface area contributed by atoms with Crippen LogP contribution in [0, 0.1) is 13.8 Å². The molecule has 0 atom stereocenters. The second kappa shape index (κ2) is 5.52. The SMILES string of the molecule is COC(=O)CCc1oc(C)c(C)c1C(=O)OC. The lowest BCUT2D eigenvalue weighted by atomic mass is 10.1. The van der Waals surface area contributed by atoms with Gasteiger partial charge in [0.2, 0.25) is 0 Å². The van der Waals surface area contributed by atoms with Gasteiger partial charge in [0.15, 0.2) is 0 Å². The predicted molar refractivity (Wildman–Crippen MR) is 59.9 cm³/mol. The Morgan fingerprint density at radius 3 is 2.35 bits per heavy atom. The fourth-order valence-electron chi connectivity index (χ4n) is 1.56. The predicted octanol–water partition coefficient (Wildman–Crippen LogP) is 1.79. The molecular formula is C12H16O5. The van der Waals surface area contributed by atoms with Gasteiger partial charge in [0.25, 0.3) is 0 Å². The molecule has 0 saturated heterocycles. The van der Waals surface area contributed by atoms with Crippen molar-refractivity contribution in [3.05, 3.63) is 22.6 Å². The van der Waals surface area contributed by atoms with Crippen LogP contribution in [0.1, 0.15) is 33.9 Å². The van der Waals surface area contributed by atoms with Crippen molar-refractivity contribution in [2.45, 2.75) is 26.7 Å². The highest BCUT2D eigenvalue weighted by molar-refractivity contribution is 5.92. The largest absolute Gasteiger partial charge is 0.469 e. The summed E-state index contributed by atoms with van der Waals surface area (Å²) >= 11 is 0. The van der Waals surface area contributed by atoms with E-state index >= 15 is 0 Å². The third kappa shape index (κ3) is 2.87. The second-order valence-corrected chi connectivity index (χ2v) is 3.65. The van der Waals surface area contributed by atoms with Gasteiger partial charge in [0.1, 0.15) is 17.1 Å². The summed E-state index contributed by atoms with van der Waals surface area (Å²) in [5.74, 6) is 0.342. The summed E-state index contributed by atoms with van der Waals surface area (Å²) in [6, 6.07) is 0. The van der Waals surface area contributed by atoms with E-state index in [9.17, 15) is 9.59 Å². The molecule has 5 heteroatoms. The Morgan fingerprint density at radius 1 is 1.18 bits per heavy atom. The zero-order valence-electron chi connectivity index (χ0n) is 10.5. The highest BCUT2D eigenvalue weighted by Gasteiger charge is 2.22. The molecule has 0 saturated carbocycles. The van der Waals surface area contributed by atoms with Gasteiger partial charge in [-0.15, -0.1) is 0 Å². The molecule has 0 aliphatic rings. The highest BCUT2D eigenvalue weighted by Crippen LogP contribution is 2.23. The molecule has 1 rings (SSSR count). The molecule has 0 amide bonds. The van der Waals surface area contributed by atoms with Crippen molar-refractivity contribution < 1.29 is 23.5 Å². The summed E-state index contributed by atoms with van der Waals surface area (Å²) in [7, 11) is 2.64. The summed E-state index contributed by atoms with van der Waals surface area (Å²) in [6.45, 7) is 3.55. The molecule has 0 fully saturated rings. The lowest BCUT2D eigenvalue weighted by Gasteiger charge is -2.01. The van der Waals surface area contributed by atoms with Crippen LogP contribution in [-0.2, 0) is 20.7 Å². The average Bonchev–Trinajstić information content (AvgIpc) is 2.61. The number of hydrogen-bond donors (Lipinski definition) is 0. The van der Waals surface area contributed by atoms with Gasteiger partial charge in [0.05, 0.1) is 20.6 Å². The normalized spacial score (nSPS) is 10.1. The molecule has 0 N–H and O–H groups in total. The van der Waals surface area contributed by atoms with Gasteiger partial charge in [0, 0.05) is 12.0 Å². The van der Waals surface area contributed by atoms with Crippen LogP contribution in [0.25, 0.3) is 0 Å². The van der Waals surface area contributed by atoms with Crippen molar-refractivity contribution in [3.8, 4) is 0 Å². The van der Waals surface area contributed by atoms with Crippen LogP contribution >= 0.6 is 0 Å². The van der Waals surface area contributed by atoms with E-state index in [4.69, 9.17) is 4.42 Å². The van der Waals surface area contributed by atoms with Gasteiger partial charge >= 0.3 is 11.9 Å². The Bertz CT molecular complexity index is 430. The molecular weight excluding hydrogens is 224 g/mol. The molecule has 94 valence electrons. The van der Waals surface area contributed by atoms with Crippen molar-refractivity contribution in [2.75, 3.05) is 14.2 Å². The van der Waals surface area contributed by atoms with Crippen molar-refractivity contribution in [3.63, 3.8) is 0 Å². The first-order chi connectivity index (χ1) is 8.01. The molecule has 1 aromatic rings. The van der Waals surface area contributed by atoms with E-state index in [2.05, 4.69) is 9.47 Å². The smallest absolute Gasteiger partial charge is 0.341 e. The maximum atomic E-state index is 11.6. The van der Waals surface area contributed by atoms with Gasteiger partial charge in [-0.25, -0.2) is 4.79 Å². The minimum atomic E-state index is -0.445. The second-order valence-electron chi connectivity index (χ2n) is 3.65. The summed E-state index contributed by atoms with van der Waals surface area (Å²) in [5.41, 5.74) is 1.16. The molecule has 1 heterocycles. The third-order valence-corrected chi connectivity index (χ3v) is 2.63. The standard InChI is InChI=1S/C12H16O5/c1-7-8(2)17-9(5-6-10(13)15-3)11(7)12(14)16-4/h5-6H2,1-4H3. The van der Waals surface area contributed by atoms with Crippen molar-refractivity contribution in [1.29, 1.82) is 0 Å². The van der Waals surface area contributed by atoms with E-state index in [1.54, 1.807) is 13.8 Å². The fraction of sp³-hybridized carbons (Fsp3) is 0.500. The molecule has 5 nitrogen and oxygen atoms in total. The third-order valence-electron chi connectivity index (χ3n) is 2.63. The first-order valence-electron chi connectivity index (χ1n) is 5.25. The van der Waals surface area contributed by atoms with E-state index in [-0.39, 0.29) is 12.4 Å². The Hall–Kier alpha value is -1.78. The summed E-state index contributed by atoms with van der Waals surface area (Å²) in [5, 5.41) is 0. The van der Waals surface area contributed by atoms with Crippen LogP contribution in [0.2, 0.25) is 0 Å². The van der Waals surface area contributed by atoms with Gasteiger partial charge in [-0.2, -0.15) is 0 Å². The molecule has 0 spiro atoms. The number of methoxy groups -OCH3 is 2. The number of esters is 2. The average molecular weight is 240 g/mol. The van der Waals surface area contributed by atoms with E-state index in [1.807, 2.05) is 0 Å². The molecule has 0 aliphatic carbocycles. The Kier molecular flexibility index (Phi) is 4.31. The number of furan rings is 1. The van der Waals surface area contributed by atoms with Gasteiger partial charge in [-0.05, 0) is 13.8 Å². The molecule has 0 aromatic carbocycles. The molecule has 1 aromatic heterocycles. The Balaban J connectivity index is 2.95.